The quantitative estimate of drug-likeness (QED) is 0.287. The minimum absolute atomic E-state index is 0.105. The predicted octanol–water partition coefficient (Wildman–Crippen LogP) is 3.90. The van der Waals surface area contributed by atoms with Gasteiger partial charge in [0.1, 0.15) is 12.2 Å². The first-order valence-electron chi connectivity index (χ1n) is 13.5. The topological polar surface area (TPSA) is 169 Å². The van der Waals surface area contributed by atoms with E-state index < -0.39 is 47.3 Å². The van der Waals surface area contributed by atoms with Crippen molar-refractivity contribution >= 4 is 23.8 Å². The second-order valence-corrected chi connectivity index (χ2v) is 11.1. The van der Waals surface area contributed by atoms with Crippen molar-refractivity contribution in [3.63, 3.8) is 0 Å². The number of hydrogen-bond acceptors (Lipinski definition) is 11. The number of piperidine rings is 1. The molecule has 4 aliphatic heterocycles. The van der Waals surface area contributed by atoms with Gasteiger partial charge in [0.15, 0.2) is 11.4 Å². The van der Waals surface area contributed by atoms with Crippen LogP contribution in [0.1, 0.15) is 36.1 Å². The number of pyridine rings is 1. The highest BCUT2D eigenvalue weighted by Gasteiger charge is 2.63. The molecule has 0 bridgehead atoms. The minimum Gasteiger partial charge on any atom is -0.465 e. The highest BCUT2D eigenvalue weighted by molar-refractivity contribution is 6.30. The predicted molar refractivity (Wildman–Crippen MR) is 141 cm³/mol. The summed E-state index contributed by atoms with van der Waals surface area (Å²) < 4.78 is 29.3. The van der Waals surface area contributed by atoms with Crippen LogP contribution in [0, 0.1) is 17.0 Å². The summed E-state index contributed by atoms with van der Waals surface area (Å²) in [5, 5.41) is 20.6. The summed E-state index contributed by atoms with van der Waals surface area (Å²) in [5.41, 5.74) is 1.81. The van der Waals surface area contributed by atoms with Crippen molar-refractivity contribution < 1.29 is 48.3 Å². The molecule has 2 aromatic rings. The molecule has 6 rings (SSSR count). The van der Waals surface area contributed by atoms with E-state index in [2.05, 4.69) is 4.84 Å². The molecule has 5 atom stereocenters. The molecule has 3 fully saturated rings. The van der Waals surface area contributed by atoms with Crippen molar-refractivity contribution in [1.29, 1.82) is 0 Å². The molecule has 0 aliphatic carbocycles. The molecule has 42 heavy (non-hydrogen) atoms. The number of hydrogen-bond donors (Lipinski definition) is 1. The van der Waals surface area contributed by atoms with Crippen molar-refractivity contribution in [1.82, 2.24) is 9.88 Å². The molecule has 1 aromatic carbocycles. The van der Waals surface area contributed by atoms with Crippen LogP contribution >= 0.6 is 11.6 Å². The molecule has 1 N–H and O–H groups in total. The molecular formula is C27H28ClN3O11. The molecule has 224 valence electrons. The zero-order valence-electron chi connectivity index (χ0n) is 22.5. The molecule has 0 saturated carbocycles. The molecule has 0 radical (unpaired) electrons. The highest BCUT2D eigenvalue weighted by Crippen LogP contribution is 2.44. The third-order valence-electron chi connectivity index (χ3n) is 8.23. The number of rotatable bonds is 6. The van der Waals surface area contributed by atoms with Gasteiger partial charge in [0.25, 0.3) is 5.09 Å². The lowest BCUT2D eigenvalue weighted by atomic mass is 9.82. The number of likely N-dealkylation sites (tertiary alicyclic amines) is 1. The second-order valence-electron chi connectivity index (χ2n) is 10.6. The van der Waals surface area contributed by atoms with E-state index >= 15 is 0 Å². The van der Waals surface area contributed by atoms with Gasteiger partial charge in [-0.15, -0.1) is 10.1 Å². The Hall–Kier alpha value is -3.72. The number of amides is 1. The fraction of sp³-hybridized carbons (Fsp3) is 0.519. The minimum atomic E-state index is -1.56. The number of benzene rings is 1. The fourth-order valence-corrected chi connectivity index (χ4v) is 6.54. The molecule has 14 nitrogen and oxygen atoms in total. The lowest BCUT2D eigenvalue weighted by molar-refractivity contribution is -0.769. The maximum Gasteiger partial charge on any atom is 0.514 e. The number of ether oxygens (including phenoxy) is 5. The summed E-state index contributed by atoms with van der Waals surface area (Å²) in [6.07, 6.45) is -3.76. The Labute approximate surface area is 244 Å². The lowest BCUT2D eigenvalue weighted by Gasteiger charge is -2.46. The van der Waals surface area contributed by atoms with Gasteiger partial charge >= 0.3 is 12.2 Å². The first-order chi connectivity index (χ1) is 20.2. The Bertz CT molecular complexity index is 1410. The van der Waals surface area contributed by atoms with Crippen LogP contribution in [-0.2, 0) is 37.0 Å². The summed E-state index contributed by atoms with van der Waals surface area (Å²) in [6, 6.07) is 6.29. The number of nitrogens with zero attached hydrogens (tertiary/aromatic N) is 3. The zero-order chi connectivity index (χ0) is 29.6. The molecule has 5 heterocycles. The standard InChI is InChI=1S/C27H28ClN3O11/c1-14-23(19-12-37-11-18(19)22(29-14)15-2-4-16(28)5-3-15)40-26(34)41-27(13-39-20-8-9-38-24(20)27)21-7-6-17(42-31(35)36)10-30(21)25(32)33/h2-5,17,20-21,24H,6-13H2,1H3,(H,32,33)/t17-,20-,21-,24-,27?/m1/s1. The number of aromatic nitrogens is 1. The second kappa shape index (κ2) is 11.2. The van der Waals surface area contributed by atoms with Gasteiger partial charge in [-0.25, -0.2) is 14.6 Å². The number of aryl methyl sites for hydroxylation is 1. The normalized spacial score (nSPS) is 28.2. The summed E-state index contributed by atoms with van der Waals surface area (Å²) in [7, 11) is 0. The van der Waals surface area contributed by atoms with Crippen molar-refractivity contribution in [2.24, 2.45) is 0 Å². The summed E-state index contributed by atoms with van der Waals surface area (Å²) in [6.45, 7) is 2.07. The fourth-order valence-electron chi connectivity index (χ4n) is 6.41. The van der Waals surface area contributed by atoms with E-state index in [1.54, 1.807) is 19.1 Å². The van der Waals surface area contributed by atoms with Crippen LogP contribution in [0.2, 0.25) is 5.02 Å². The first-order valence-corrected chi connectivity index (χ1v) is 13.8. The Kier molecular flexibility index (Phi) is 7.55. The van der Waals surface area contributed by atoms with Gasteiger partial charge in [0, 0.05) is 28.3 Å². The third-order valence-corrected chi connectivity index (χ3v) is 8.48. The average molecular weight is 606 g/mol. The van der Waals surface area contributed by atoms with Crippen molar-refractivity contribution in [3.8, 4) is 17.0 Å². The van der Waals surface area contributed by atoms with Crippen molar-refractivity contribution in [3.05, 3.63) is 56.2 Å². The van der Waals surface area contributed by atoms with Gasteiger partial charge < -0.3 is 33.6 Å². The Morgan fingerprint density at radius 2 is 1.93 bits per heavy atom. The third kappa shape index (κ3) is 5.08. The van der Waals surface area contributed by atoms with E-state index in [4.69, 9.17) is 40.3 Å². The van der Waals surface area contributed by atoms with Crippen LogP contribution < -0.4 is 4.74 Å². The molecular weight excluding hydrogens is 578 g/mol. The number of fused-ring (bicyclic) bond motifs is 2. The van der Waals surface area contributed by atoms with Gasteiger partial charge in [0.2, 0.25) is 0 Å². The Morgan fingerprint density at radius 1 is 1.17 bits per heavy atom. The highest BCUT2D eigenvalue weighted by atomic mass is 35.5. The summed E-state index contributed by atoms with van der Waals surface area (Å²) in [5.74, 6) is 0.196. The monoisotopic (exact) mass is 605 g/mol. The van der Waals surface area contributed by atoms with Crippen LogP contribution in [-0.4, -0.2) is 82.0 Å². The molecule has 1 aromatic heterocycles. The Morgan fingerprint density at radius 3 is 2.67 bits per heavy atom. The smallest absolute Gasteiger partial charge is 0.465 e. The lowest BCUT2D eigenvalue weighted by Crippen LogP contribution is -2.65. The van der Waals surface area contributed by atoms with Crippen LogP contribution in [0.15, 0.2) is 24.3 Å². The van der Waals surface area contributed by atoms with Crippen LogP contribution in [0.5, 0.6) is 5.75 Å². The summed E-state index contributed by atoms with van der Waals surface area (Å²) >= 11 is 6.05. The number of halogens is 1. The van der Waals surface area contributed by atoms with Crippen LogP contribution in [0.4, 0.5) is 9.59 Å². The number of carbonyl (C=O) groups excluding carboxylic acids is 1. The maximum atomic E-state index is 13.5. The first kappa shape index (κ1) is 28.4. The van der Waals surface area contributed by atoms with E-state index in [0.29, 0.717) is 35.0 Å². The van der Waals surface area contributed by atoms with E-state index in [9.17, 15) is 24.8 Å². The van der Waals surface area contributed by atoms with E-state index in [1.165, 1.54) is 0 Å². The Balaban J connectivity index is 1.29. The maximum absolute atomic E-state index is 13.5. The van der Waals surface area contributed by atoms with E-state index in [-0.39, 0.29) is 45.0 Å². The van der Waals surface area contributed by atoms with Gasteiger partial charge in [-0.3, -0.25) is 4.90 Å². The molecule has 1 unspecified atom stereocenters. The number of carboxylic acid groups (broad SMARTS) is 1. The molecule has 0 spiro atoms. The average Bonchev–Trinajstić information content (AvgIpc) is 3.69. The largest absolute Gasteiger partial charge is 0.514 e. The van der Waals surface area contributed by atoms with Gasteiger partial charge in [0.05, 0.1) is 49.9 Å². The number of carbonyl (C=O) groups is 2. The van der Waals surface area contributed by atoms with Crippen molar-refractivity contribution in [2.75, 3.05) is 19.8 Å². The zero-order valence-corrected chi connectivity index (χ0v) is 23.3. The summed E-state index contributed by atoms with van der Waals surface area (Å²) in [4.78, 5) is 47.1. The van der Waals surface area contributed by atoms with Crippen molar-refractivity contribution in [2.45, 2.75) is 69.4 Å². The van der Waals surface area contributed by atoms with Crippen LogP contribution in [0.3, 0.4) is 0 Å². The molecule has 3 saturated heterocycles. The van der Waals surface area contributed by atoms with Gasteiger partial charge in [-0.1, -0.05) is 23.7 Å². The SMILES string of the molecule is Cc1nc(-c2ccc(Cl)cc2)c2c(c1OC(=O)OC1([C@H]3CC[C@@H](O[N+](=O)[O-])CN3C(=O)O)CO[C@@H]3CCO[C@H]31)COC2. The molecule has 4 aliphatic rings. The van der Waals surface area contributed by atoms with E-state index in [0.717, 1.165) is 16.0 Å². The van der Waals surface area contributed by atoms with E-state index in [1.807, 2.05) is 12.1 Å². The van der Waals surface area contributed by atoms with Gasteiger partial charge in [-0.05, 0) is 38.3 Å². The van der Waals surface area contributed by atoms with Crippen LogP contribution in [0.25, 0.3) is 11.3 Å². The molecule has 1 amide bonds. The molecule has 15 heteroatoms. The van der Waals surface area contributed by atoms with Gasteiger partial charge in [-0.2, -0.15) is 0 Å².